The first-order valence-corrected chi connectivity index (χ1v) is 8.38. The van der Waals surface area contributed by atoms with E-state index in [0.29, 0.717) is 18.4 Å². The van der Waals surface area contributed by atoms with Gasteiger partial charge in [-0.2, -0.15) is 12.7 Å². The van der Waals surface area contributed by atoms with Gasteiger partial charge in [-0.25, -0.2) is 5.14 Å². The summed E-state index contributed by atoms with van der Waals surface area (Å²) in [7, 11) is -3.64. The lowest BCUT2D eigenvalue weighted by Gasteiger charge is -2.32. The average molecular weight is 280 g/mol. The van der Waals surface area contributed by atoms with Crippen molar-refractivity contribution in [1.29, 1.82) is 0 Å². The Kier molecular flexibility index (Phi) is 3.37. The highest BCUT2D eigenvalue weighted by atomic mass is 32.2. The van der Waals surface area contributed by atoms with Crippen molar-refractivity contribution < 1.29 is 8.42 Å². The molecule has 2 N–H and O–H groups in total. The van der Waals surface area contributed by atoms with Crippen LogP contribution in [0.1, 0.15) is 31.2 Å². The summed E-state index contributed by atoms with van der Waals surface area (Å²) < 4.78 is 25.3. The summed E-state index contributed by atoms with van der Waals surface area (Å²) in [4.78, 5) is 0. The van der Waals surface area contributed by atoms with Crippen molar-refractivity contribution in [3.8, 4) is 0 Å². The van der Waals surface area contributed by atoms with E-state index in [-0.39, 0.29) is 6.04 Å². The molecule has 0 spiro atoms. The van der Waals surface area contributed by atoms with Gasteiger partial charge in [-0.3, -0.25) is 0 Å². The van der Waals surface area contributed by atoms with Gasteiger partial charge >= 0.3 is 0 Å². The first-order chi connectivity index (χ1) is 9.04. The predicted molar refractivity (Wildman–Crippen MR) is 74.3 cm³/mol. The fraction of sp³-hybridized carbons (Fsp3) is 0.571. The second-order valence-electron chi connectivity index (χ2n) is 5.82. The summed E-state index contributed by atoms with van der Waals surface area (Å²) in [6.07, 6.45) is 4.56. The highest BCUT2D eigenvalue weighted by molar-refractivity contribution is 7.86. The van der Waals surface area contributed by atoms with Crippen molar-refractivity contribution in [1.82, 2.24) is 4.31 Å². The lowest BCUT2D eigenvalue weighted by molar-refractivity contribution is 0.230. The van der Waals surface area contributed by atoms with Crippen molar-refractivity contribution in [2.45, 2.75) is 38.3 Å². The predicted octanol–water partition coefficient (Wildman–Crippen LogP) is 1.88. The molecule has 0 unspecified atom stereocenters. The SMILES string of the molecule is NS(=O)(=O)N(Cc1ccccc1)[C@@H]1C[C@H]2CC[C@H]1C2. The molecule has 2 saturated carbocycles. The Balaban J connectivity index is 1.83. The third-order valence-corrected chi connectivity index (χ3v) is 5.63. The summed E-state index contributed by atoms with van der Waals surface area (Å²) in [6.45, 7) is 0.396. The molecule has 4 nitrogen and oxygen atoms in total. The maximum atomic E-state index is 11.9. The van der Waals surface area contributed by atoms with Crippen LogP contribution in [0.4, 0.5) is 0 Å². The Labute approximate surface area is 114 Å². The average Bonchev–Trinajstić information content (AvgIpc) is 2.98. The maximum Gasteiger partial charge on any atom is 0.277 e. The third-order valence-electron chi connectivity index (χ3n) is 4.58. The molecule has 3 rings (SSSR count). The standard InChI is InChI=1S/C14H20N2O2S/c15-19(17,18)16(10-11-4-2-1-3-5-11)14-9-12-6-7-13(14)8-12/h1-5,12-14H,6-10H2,(H2,15,17,18)/t12-,13-,14+/m0/s1. The quantitative estimate of drug-likeness (QED) is 0.915. The van der Waals surface area contributed by atoms with Gasteiger partial charge < -0.3 is 0 Å². The summed E-state index contributed by atoms with van der Waals surface area (Å²) in [5.74, 6) is 1.21. The minimum Gasteiger partial charge on any atom is -0.216 e. The third kappa shape index (κ3) is 2.68. The number of benzene rings is 1. The first kappa shape index (κ1) is 13.1. The van der Waals surface area contributed by atoms with Gasteiger partial charge in [0.2, 0.25) is 0 Å². The number of fused-ring (bicyclic) bond motifs is 2. The van der Waals surface area contributed by atoms with Crippen molar-refractivity contribution in [3.05, 3.63) is 35.9 Å². The normalized spacial score (nSPS) is 30.1. The molecule has 1 aromatic rings. The summed E-state index contributed by atoms with van der Waals surface area (Å²) in [6, 6.07) is 9.79. The van der Waals surface area contributed by atoms with Gasteiger partial charge in [0, 0.05) is 12.6 Å². The largest absolute Gasteiger partial charge is 0.277 e. The zero-order valence-electron chi connectivity index (χ0n) is 10.9. The molecule has 0 heterocycles. The molecule has 0 radical (unpaired) electrons. The number of rotatable bonds is 4. The Morgan fingerprint density at radius 1 is 1.16 bits per heavy atom. The van der Waals surface area contributed by atoms with Crippen molar-refractivity contribution in [3.63, 3.8) is 0 Å². The number of nitrogens with zero attached hydrogens (tertiary/aromatic N) is 1. The van der Waals surface area contributed by atoms with Crippen LogP contribution in [-0.4, -0.2) is 18.8 Å². The molecule has 0 aromatic heterocycles. The van der Waals surface area contributed by atoms with Gasteiger partial charge in [0.05, 0.1) is 0 Å². The minimum absolute atomic E-state index is 0.106. The van der Waals surface area contributed by atoms with Crippen LogP contribution in [-0.2, 0) is 16.8 Å². The van der Waals surface area contributed by atoms with Crippen LogP contribution in [0.5, 0.6) is 0 Å². The summed E-state index contributed by atoms with van der Waals surface area (Å²) >= 11 is 0. The Morgan fingerprint density at radius 2 is 1.89 bits per heavy atom. The minimum atomic E-state index is -3.64. The topological polar surface area (TPSA) is 63.4 Å². The van der Waals surface area contributed by atoms with Crippen LogP contribution >= 0.6 is 0 Å². The lowest BCUT2D eigenvalue weighted by Crippen LogP contribution is -2.45. The fourth-order valence-electron chi connectivity index (χ4n) is 3.72. The second-order valence-corrected chi connectivity index (χ2v) is 7.32. The zero-order chi connectivity index (χ0) is 13.5. The van der Waals surface area contributed by atoms with Gasteiger partial charge in [0.15, 0.2) is 0 Å². The molecule has 19 heavy (non-hydrogen) atoms. The molecule has 0 aliphatic heterocycles. The molecule has 2 bridgehead atoms. The molecule has 5 heteroatoms. The van der Waals surface area contributed by atoms with Crippen LogP contribution in [0.3, 0.4) is 0 Å². The molecule has 2 aliphatic carbocycles. The van der Waals surface area contributed by atoms with Crippen LogP contribution in [0.15, 0.2) is 30.3 Å². The van der Waals surface area contributed by atoms with Gasteiger partial charge in [-0.15, -0.1) is 0 Å². The van der Waals surface area contributed by atoms with Crippen LogP contribution in [0.2, 0.25) is 0 Å². The highest BCUT2D eigenvalue weighted by Crippen LogP contribution is 2.47. The Bertz CT molecular complexity index is 544. The molecule has 104 valence electrons. The van der Waals surface area contributed by atoms with E-state index in [4.69, 9.17) is 5.14 Å². The van der Waals surface area contributed by atoms with Crippen LogP contribution in [0, 0.1) is 11.8 Å². The molecule has 3 atom stereocenters. The first-order valence-electron chi connectivity index (χ1n) is 6.87. The van der Waals surface area contributed by atoms with Gasteiger partial charge in [-0.05, 0) is 36.7 Å². The Hall–Kier alpha value is -0.910. The van der Waals surface area contributed by atoms with Crippen molar-refractivity contribution in [2.75, 3.05) is 0 Å². The molecule has 1 aromatic carbocycles. The molecule has 0 saturated heterocycles. The highest BCUT2D eigenvalue weighted by Gasteiger charge is 2.44. The molecular weight excluding hydrogens is 260 g/mol. The van der Waals surface area contributed by atoms with E-state index < -0.39 is 10.2 Å². The monoisotopic (exact) mass is 280 g/mol. The lowest BCUT2D eigenvalue weighted by atomic mass is 9.95. The fourth-order valence-corrected chi connectivity index (χ4v) is 4.69. The number of hydrogen-bond donors (Lipinski definition) is 1. The van der Waals surface area contributed by atoms with E-state index >= 15 is 0 Å². The van der Waals surface area contributed by atoms with Crippen LogP contribution < -0.4 is 5.14 Å². The van der Waals surface area contributed by atoms with Gasteiger partial charge in [-0.1, -0.05) is 36.8 Å². The zero-order valence-corrected chi connectivity index (χ0v) is 11.7. The molecular formula is C14H20N2O2S. The molecule has 2 aliphatic rings. The van der Waals surface area contributed by atoms with E-state index in [1.807, 2.05) is 30.3 Å². The van der Waals surface area contributed by atoms with Gasteiger partial charge in [0.1, 0.15) is 0 Å². The second kappa shape index (κ2) is 4.89. The summed E-state index contributed by atoms with van der Waals surface area (Å²) in [5, 5.41) is 5.44. The van der Waals surface area contributed by atoms with E-state index in [9.17, 15) is 8.42 Å². The van der Waals surface area contributed by atoms with E-state index in [0.717, 1.165) is 18.4 Å². The van der Waals surface area contributed by atoms with Crippen LogP contribution in [0.25, 0.3) is 0 Å². The van der Waals surface area contributed by atoms with E-state index in [1.54, 1.807) is 0 Å². The number of nitrogens with two attached hydrogens (primary N) is 1. The smallest absolute Gasteiger partial charge is 0.216 e. The molecule has 2 fully saturated rings. The van der Waals surface area contributed by atoms with E-state index in [1.165, 1.54) is 17.1 Å². The summed E-state index contributed by atoms with van der Waals surface area (Å²) in [5.41, 5.74) is 0.999. The van der Waals surface area contributed by atoms with Gasteiger partial charge in [0.25, 0.3) is 10.2 Å². The Morgan fingerprint density at radius 3 is 2.42 bits per heavy atom. The van der Waals surface area contributed by atoms with Crippen molar-refractivity contribution >= 4 is 10.2 Å². The van der Waals surface area contributed by atoms with E-state index in [2.05, 4.69) is 0 Å². The molecule has 0 amide bonds. The number of hydrogen-bond acceptors (Lipinski definition) is 2. The maximum absolute atomic E-state index is 11.9. The van der Waals surface area contributed by atoms with Crippen molar-refractivity contribution in [2.24, 2.45) is 17.0 Å².